The van der Waals surface area contributed by atoms with E-state index in [2.05, 4.69) is 19.1 Å². The van der Waals surface area contributed by atoms with Gasteiger partial charge in [-0.25, -0.2) is 0 Å². The summed E-state index contributed by atoms with van der Waals surface area (Å²) in [6.45, 7) is 4.57. The number of hydrogen-bond donors (Lipinski definition) is 1. The van der Waals surface area contributed by atoms with E-state index in [4.69, 9.17) is 9.84 Å². The number of ether oxygens (including phenoxy) is 1. The van der Waals surface area contributed by atoms with Crippen LogP contribution >= 0.6 is 0 Å². The van der Waals surface area contributed by atoms with Crippen LogP contribution in [0.5, 0.6) is 0 Å². The number of carbonyl (C=O) groups is 2. The fraction of sp³-hybridized carbons (Fsp3) is 0.840. The van der Waals surface area contributed by atoms with Gasteiger partial charge in [0.05, 0.1) is 18.9 Å². The van der Waals surface area contributed by atoms with Gasteiger partial charge in [-0.2, -0.15) is 0 Å². The lowest BCUT2D eigenvalue weighted by Gasteiger charge is -2.13. The Morgan fingerprint density at radius 1 is 0.759 bits per heavy atom. The Kier molecular flexibility index (Phi) is 20.4. The highest BCUT2D eigenvalue weighted by molar-refractivity contribution is 5.79. The Balaban J connectivity index is 3.59. The van der Waals surface area contributed by atoms with Gasteiger partial charge in [-0.1, -0.05) is 90.2 Å². The van der Waals surface area contributed by atoms with Crippen molar-refractivity contribution >= 4 is 11.9 Å². The van der Waals surface area contributed by atoms with E-state index in [-0.39, 0.29) is 12.4 Å². The first-order valence-electron chi connectivity index (χ1n) is 12.1. The molecule has 1 atom stereocenters. The van der Waals surface area contributed by atoms with Crippen molar-refractivity contribution in [1.82, 2.24) is 0 Å². The summed E-state index contributed by atoms with van der Waals surface area (Å²) in [5.41, 5.74) is 0. The maximum atomic E-state index is 11.9. The van der Waals surface area contributed by atoms with Crippen LogP contribution in [0.3, 0.4) is 0 Å². The molecule has 4 heteroatoms. The van der Waals surface area contributed by atoms with Crippen molar-refractivity contribution in [2.45, 2.75) is 123 Å². The van der Waals surface area contributed by atoms with Crippen LogP contribution in [0.1, 0.15) is 123 Å². The highest BCUT2D eigenvalue weighted by Crippen LogP contribution is 2.17. The second-order valence-electron chi connectivity index (χ2n) is 8.19. The van der Waals surface area contributed by atoms with Crippen molar-refractivity contribution in [2.24, 2.45) is 5.92 Å². The number of carboxylic acids is 1. The fourth-order valence-electron chi connectivity index (χ4n) is 3.47. The Morgan fingerprint density at radius 2 is 1.28 bits per heavy atom. The van der Waals surface area contributed by atoms with E-state index in [1.54, 1.807) is 0 Å². The van der Waals surface area contributed by atoms with Crippen molar-refractivity contribution in [3.05, 3.63) is 12.2 Å². The Hall–Kier alpha value is -1.32. The van der Waals surface area contributed by atoms with Gasteiger partial charge in [0.2, 0.25) is 0 Å². The molecule has 0 heterocycles. The average Bonchev–Trinajstić information content (AvgIpc) is 2.70. The molecule has 1 N–H and O–H groups in total. The smallest absolute Gasteiger partial charge is 0.309 e. The van der Waals surface area contributed by atoms with Gasteiger partial charge in [0.25, 0.3) is 0 Å². The lowest BCUT2D eigenvalue weighted by Crippen LogP contribution is -2.21. The molecular weight excluding hydrogens is 364 g/mol. The molecule has 0 spiro atoms. The van der Waals surface area contributed by atoms with Crippen LogP contribution in [0, 0.1) is 5.92 Å². The zero-order valence-electron chi connectivity index (χ0n) is 19.1. The summed E-state index contributed by atoms with van der Waals surface area (Å²) < 4.78 is 5.12. The second-order valence-corrected chi connectivity index (χ2v) is 8.19. The maximum absolute atomic E-state index is 11.9. The third-order valence-corrected chi connectivity index (χ3v) is 5.27. The Morgan fingerprint density at radius 3 is 1.79 bits per heavy atom. The molecule has 0 aliphatic carbocycles. The van der Waals surface area contributed by atoms with E-state index < -0.39 is 11.9 Å². The van der Waals surface area contributed by atoms with Gasteiger partial charge in [-0.05, 0) is 38.5 Å². The predicted molar refractivity (Wildman–Crippen MR) is 121 cm³/mol. The topological polar surface area (TPSA) is 63.6 Å². The normalized spacial score (nSPS) is 12.3. The summed E-state index contributed by atoms with van der Waals surface area (Å²) in [5, 5.41) is 8.97. The summed E-state index contributed by atoms with van der Waals surface area (Å²) in [4.78, 5) is 22.9. The van der Waals surface area contributed by atoms with Gasteiger partial charge >= 0.3 is 11.9 Å². The third kappa shape index (κ3) is 19.8. The number of esters is 1. The first kappa shape index (κ1) is 27.7. The van der Waals surface area contributed by atoms with Gasteiger partial charge in [-0.15, -0.1) is 0 Å². The van der Waals surface area contributed by atoms with Crippen LogP contribution in [-0.4, -0.2) is 23.7 Å². The number of unbranched alkanes of at least 4 members (excludes halogenated alkanes) is 12. The lowest BCUT2D eigenvalue weighted by atomic mass is 9.98. The minimum atomic E-state index is -0.931. The van der Waals surface area contributed by atoms with E-state index in [1.165, 1.54) is 64.2 Å². The minimum absolute atomic E-state index is 0.128. The molecule has 0 bridgehead atoms. The predicted octanol–water partition coefficient (Wildman–Crippen LogP) is 7.46. The van der Waals surface area contributed by atoms with Crippen LogP contribution in [-0.2, 0) is 14.3 Å². The molecule has 4 nitrogen and oxygen atoms in total. The molecule has 0 saturated carbocycles. The van der Waals surface area contributed by atoms with Crippen LogP contribution in [0.15, 0.2) is 12.2 Å². The first-order chi connectivity index (χ1) is 14.1. The molecule has 29 heavy (non-hydrogen) atoms. The number of hydrogen-bond acceptors (Lipinski definition) is 3. The highest BCUT2D eigenvalue weighted by Gasteiger charge is 2.22. The lowest BCUT2D eigenvalue weighted by molar-refractivity contribution is -0.153. The van der Waals surface area contributed by atoms with Crippen molar-refractivity contribution in [1.29, 1.82) is 0 Å². The average molecular weight is 411 g/mol. The summed E-state index contributed by atoms with van der Waals surface area (Å²) in [6, 6.07) is 0. The van der Waals surface area contributed by atoms with Crippen LogP contribution in [0.25, 0.3) is 0 Å². The molecule has 170 valence electrons. The third-order valence-electron chi connectivity index (χ3n) is 5.27. The summed E-state index contributed by atoms with van der Waals surface area (Å²) in [5.74, 6) is -1.79. The summed E-state index contributed by atoms with van der Waals surface area (Å²) in [6.07, 6.45) is 23.4. The number of carbonyl (C=O) groups excluding carboxylic acids is 1. The van der Waals surface area contributed by atoms with Crippen LogP contribution in [0.2, 0.25) is 0 Å². The van der Waals surface area contributed by atoms with Crippen LogP contribution < -0.4 is 0 Å². The molecular formula is C25H46O4. The Labute approximate surface area is 179 Å². The van der Waals surface area contributed by atoms with Crippen molar-refractivity contribution in [3.63, 3.8) is 0 Å². The molecule has 0 amide bonds. The maximum Gasteiger partial charge on any atom is 0.309 e. The number of carboxylic acid groups (broad SMARTS) is 1. The molecule has 1 unspecified atom stereocenters. The van der Waals surface area contributed by atoms with Gasteiger partial charge in [0.15, 0.2) is 0 Å². The van der Waals surface area contributed by atoms with Crippen molar-refractivity contribution in [3.8, 4) is 0 Å². The molecule has 0 aromatic heterocycles. The first-order valence-corrected chi connectivity index (χ1v) is 12.1. The quantitative estimate of drug-likeness (QED) is 0.121. The highest BCUT2D eigenvalue weighted by atomic mass is 16.5. The molecule has 0 fully saturated rings. The minimum Gasteiger partial charge on any atom is -0.481 e. The second kappa shape index (κ2) is 21.4. The molecule has 0 rings (SSSR count). The van der Waals surface area contributed by atoms with E-state index >= 15 is 0 Å². The van der Waals surface area contributed by atoms with E-state index in [0.29, 0.717) is 13.0 Å². The van der Waals surface area contributed by atoms with Gasteiger partial charge in [-0.3, -0.25) is 9.59 Å². The zero-order chi connectivity index (χ0) is 21.6. The molecule has 0 aromatic rings. The fourth-order valence-corrected chi connectivity index (χ4v) is 3.47. The Bertz CT molecular complexity index is 417. The van der Waals surface area contributed by atoms with Gasteiger partial charge in [0.1, 0.15) is 0 Å². The summed E-state index contributed by atoms with van der Waals surface area (Å²) >= 11 is 0. The van der Waals surface area contributed by atoms with E-state index in [9.17, 15) is 9.59 Å². The zero-order valence-corrected chi connectivity index (χ0v) is 19.1. The molecule has 0 aliphatic heterocycles. The monoisotopic (exact) mass is 410 g/mol. The molecule has 0 aliphatic rings. The number of rotatable bonds is 21. The SMILES string of the molecule is CCCCCCCCCCCC/C=C/CCCCC(CC(=O)O)C(=O)OCCC. The van der Waals surface area contributed by atoms with Crippen LogP contribution in [0.4, 0.5) is 0 Å². The van der Waals surface area contributed by atoms with Gasteiger partial charge in [0, 0.05) is 0 Å². The molecule has 0 aromatic carbocycles. The standard InChI is InChI=1S/C25H46O4/c1-3-5-6-7-8-9-10-11-12-13-14-15-16-17-18-19-20-23(22-24(26)27)25(28)29-21-4-2/h15-16,23H,3-14,17-22H2,1-2H3,(H,26,27)/b16-15+. The van der Waals surface area contributed by atoms with Gasteiger partial charge < -0.3 is 9.84 Å². The van der Waals surface area contributed by atoms with E-state index in [1.807, 2.05) is 6.92 Å². The van der Waals surface area contributed by atoms with Crippen molar-refractivity contribution < 1.29 is 19.4 Å². The van der Waals surface area contributed by atoms with E-state index in [0.717, 1.165) is 32.1 Å². The molecule has 0 saturated heterocycles. The number of allylic oxidation sites excluding steroid dienone is 2. The molecule has 0 radical (unpaired) electrons. The van der Waals surface area contributed by atoms with Crippen molar-refractivity contribution in [2.75, 3.05) is 6.61 Å². The largest absolute Gasteiger partial charge is 0.481 e. The number of aliphatic carboxylic acids is 1. The summed E-state index contributed by atoms with van der Waals surface area (Å²) in [7, 11) is 0.